The molecule has 0 N–H and O–H groups in total. The van der Waals surface area contributed by atoms with E-state index in [1.165, 1.54) is 24.8 Å². The van der Waals surface area contributed by atoms with Crippen LogP contribution in [-0.2, 0) is 15.9 Å². The van der Waals surface area contributed by atoms with Crippen molar-refractivity contribution in [3.8, 4) is 0 Å². The van der Waals surface area contributed by atoms with Crippen LogP contribution in [-0.4, -0.2) is 27.4 Å². The van der Waals surface area contributed by atoms with Gasteiger partial charge >= 0.3 is 0 Å². The van der Waals surface area contributed by atoms with Gasteiger partial charge in [0, 0.05) is 19.6 Å². The Labute approximate surface area is 155 Å². The summed E-state index contributed by atoms with van der Waals surface area (Å²) in [4.78, 5) is 0. The van der Waals surface area contributed by atoms with E-state index >= 15 is 0 Å². The fourth-order valence-corrected chi connectivity index (χ4v) is 5.10. The number of hydrogen-bond acceptors (Lipinski definition) is 2. The van der Waals surface area contributed by atoms with Gasteiger partial charge in [-0.05, 0) is 54.9 Å². The number of aryl methyl sites for hydroxylation is 1. The van der Waals surface area contributed by atoms with Gasteiger partial charge in [-0.3, -0.25) is 0 Å². The molecule has 1 aliphatic rings. The molecule has 1 aromatic carbocycles. The first kappa shape index (κ1) is 20.5. The zero-order valence-corrected chi connectivity index (χ0v) is 17.0. The van der Waals surface area contributed by atoms with Gasteiger partial charge in [-0.2, -0.15) is 0 Å². The largest absolute Gasteiger partial charge is 0.384 e. The highest BCUT2D eigenvalue weighted by atomic mass is 16.5. The fraction of sp³-hybridized carbons (Fsp3) is 0.739. The topological polar surface area (TPSA) is 18.5 Å². The Balaban J connectivity index is 2.27. The van der Waals surface area contributed by atoms with E-state index in [4.69, 9.17) is 9.47 Å². The summed E-state index contributed by atoms with van der Waals surface area (Å²) in [5, 5.41) is 0. The first-order chi connectivity index (χ1) is 12.0. The summed E-state index contributed by atoms with van der Waals surface area (Å²) in [6, 6.07) is 10.9. The third kappa shape index (κ3) is 5.31. The van der Waals surface area contributed by atoms with Crippen LogP contribution in [0.15, 0.2) is 30.3 Å². The molecule has 1 aromatic rings. The monoisotopic (exact) mass is 346 g/mol. The highest BCUT2D eigenvalue weighted by molar-refractivity contribution is 5.15. The maximum Gasteiger partial charge on any atom is 0.0543 e. The second-order valence-corrected chi connectivity index (χ2v) is 8.65. The lowest BCUT2D eigenvalue weighted by molar-refractivity contribution is -0.0796. The zero-order valence-electron chi connectivity index (χ0n) is 17.0. The quantitative estimate of drug-likeness (QED) is 0.579. The lowest BCUT2D eigenvalue weighted by Crippen LogP contribution is -2.47. The molecule has 1 saturated carbocycles. The van der Waals surface area contributed by atoms with Gasteiger partial charge in [0.15, 0.2) is 0 Å². The number of rotatable bonds is 9. The minimum atomic E-state index is 0.114. The van der Waals surface area contributed by atoms with Crippen LogP contribution in [0.5, 0.6) is 0 Å². The van der Waals surface area contributed by atoms with E-state index in [-0.39, 0.29) is 5.41 Å². The molecule has 0 radical (unpaired) electrons. The van der Waals surface area contributed by atoms with Gasteiger partial charge < -0.3 is 9.47 Å². The first-order valence-corrected chi connectivity index (χ1v) is 10.0. The molecule has 0 aliphatic heterocycles. The molecule has 2 heteroatoms. The third-order valence-electron chi connectivity index (χ3n) is 6.43. The second-order valence-electron chi connectivity index (χ2n) is 8.65. The molecule has 1 aliphatic carbocycles. The van der Waals surface area contributed by atoms with Gasteiger partial charge in [-0.25, -0.2) is 0 Å². The molecule has 25 heavy (non-hydrogen) atoms. The first-order valence-electron chi connectivity index (χ1n) is 10.0. The van der Waals surface area contributed by atoms with E-state index < -0.39 is 0 Å². The van der Waals surface area contributed by atoms with E-state index in [0.717, 1.165) is 43.8 Å². The van der Waals surface area contributed by atoms with Crippen LogP contribution in [0, 0.1) is 29.1 Å². The predicted octanol–water partition coefficient (Wildman–Crippen LogP) is 5.61. The zero-order chi connectivity index (χ0) is 18.3. The van der Waals surface area contributed by atoms with Crippen LogP contribution in [0.2, 0.25) is 0 Å². The number of benzene rings is 1. The van der Waals surface area contributed by atoms with Gasteiger partial charge in [-0.15, -0.1) is 0 Å². The fourth-order valence-electron chi connectivity index (χ4n) is 5.10. The maximum absolute atomic E-state index is 5.78. The number of methoxy groups -OCH3 is 2. The number of hydrogen-bond donors (Lipinski definition) is 0. The Bertz CT molecular complexity index is 476. The van der Waals surface area contributed by atoms with Crippen LogP contribution < -0.4 is 0 Å². The predicted molar refractivity (Wildman–Crippen MR) is 106 cm³/mol. The average molecular weight is 347 g/mol. The van der Waals surface area contributed by atoms with Crippen LogP contribution in [0.4, 0.5) is 0 Å². The summed E-state index contributed by atoms with van der Waals surface area (Å²) in [6.07, 6.45) is 6.27. The molecule has 0 bridgehead atoms. The molecule has 3 unspecified atom stereocenters. The van der Waals surface area contributed by atoms with Crippen molar-refractivity contribution >= 4 is 0 Å². The third-order valence-corrected chi connectivity index (χ3v) is 6.43. The summed E-state index contributed by atoms with van der Waals surface area (Å²) < 4.78 is 11.6. The summed E-state index contributed by atoms with van der Waals surface area (Å²) in [7, 11) is 3.70. The van der Waals surface area contributed by atoms with Crippen molar-refractivity contribution in [2.24, 2.45) is 29.1 Å². The van der Waals surface area contributed by atoms with Crippen LogP contribution in [0.25, 0.3) is 0 Å². The Hall–Kier alpha value is -0.860. The van der Waals surface area contributed by atoms with Crippen molar-refractivity contribution in [3.63, 3.8) is 0 Å². The summed E-state index contributed by atoms with van der Waals surface area (Å²) in [5.74, 6) is 2.99. The molecule has 3 atom stereocenters. The maximum atomic E-state index is 5.78. The minimum absolute atomic E-state index is 0.114. The summed E-state index contributed by atoms with van der Waals surface area (Å²) in [5.41, 5.74) is 1.53. The molecule has 0 aromatic heterocycles. The molecule has 0 heterocycles. The Morgan fingerprint density at radius 1 is 1.04 bits per heavy atom. The highest BCUT2D eigenvalue weighted by Crippen LogP contribution is 2.49. The van der Waals surface area contributed by atoms with Crippen molar-refractivity contribution in [1.82, 2.24) is 0 Å². The normalized spacial score (nSPS) is 24.6. The Kier molecular flexibility index (Phi) is 7.96. The van der Waals surface area contributed by atoms with E-state index in [1.807, 2.05) is 14.2 Å². The molecule has 2 nitrogen and oxygen atoms in total. The van der Waals surface area contributed by atoms with Crippen molar-refractivity contribution < 1.29 is 9.47 Å². The van der Waals surface area contributed by atoms with Gasteiger partial charge in [0.05, 0.1) is 13.2 Å². The highest BCUT2D eigenvalue weighted by Gasteiger charge is 2.45. The van der Waals surface area contributed by atoms with Crippen LogP contribution in [0.3, 0.4) is 0 Å². The van der Waals surface area contributed by atoms with Gasteiger partial charge in [-0.1, -0.05) is 57.5 Å². The molecule has 0 amide bonds. The van der Waals surface area contributed by atoms with E-state index in [1.54, 1.807) is 0 Å². The molecule has 142 valence electrons. The van der Waals surface area contributed by atoms with E-state index in [9.17, 15) is 0 Å². The molecular weight excluding hydrogens is 308 g/mol. The van der Waals surface area contributed by atoms with Gasteiger partial charge in [0.2, 0.25) is 0 Å². The summed E-state index contributed by atoms with van der Waals surface area (Å²) >= 11 is 0. The Morgan fingerprint density at radius 2 is 1.68 bits per heavy atom. The SMILES string of the molecule is COCC(CCc1ccccc1)(COC)C1CC(C)CCC1C(C)C. The molecule has 0 spiro atoms. The smallest absolute Gasteiger partial charge is 0.0543 e. The standard InChI is InChI=1S/C23H38O2/c1-18(2)21-12-11-19(3)15-22(21)23(16-24-4,17-25-5)14-13-20-9-7-6-8-10-20/h6-10,18-19,21-22H,11-17H2,1-5H3. The second kappa shape index (κ2) is 9.73. The van der Waals surface area contributed by atoms with Gasteiger partial charge in [0.1, 0.15) is 0 Å². The minimum Gasteiger partial charge on any atom is -0.384 e. The molecule has 2 rings (SSSR count). The average Bonchev–Trinajstić information content (AvgIpc) is 2.60. The number of ether oxygens (including phenoxy) is 2. The molecule has 0 saturated heterocycles. The van der Waals surface area contributed by atoms with E-state index in [0.29, 0.717) is 5.92 Å². The van der Waals surface area contributed by atoms with E-state index in [2.05, 4.69) is 51.1 Å². The van der Waals surface area contributed by atoms with Crippen molar-refractivity contribution in [3.05, 3.63) is 35.9 Å². The van der Waals surface area contributed by atoms with Gasteiger partial charge in [0.25, 0.3) is 0 Å². The lowest BCUT2D eigenvalue weighted by atomic mass is 9.58. The summed E-state index contributed by atoms with van der Waals surface area (Å²) in [6.45, 7) is 8.82. The van der Waals surface area contributed by atoms with Crippen molar-refractivity contribution in [2.45, 2.75) is 52.9 Å². The molecular formula is C23H38O2. The lowest BCUT2D eigenvalue weighted by Gasteiger charge is -2.49. The Morgan fingerprint density at radius 3 is 2.24 bits per heavy atom. The van der Waals surface area contributed by atoms with Crippen molar-refractivity contribution in [2.75, 3.05) is 27.4 Å². The van der Waals surface area contributed by atoms with Crippen LogP contribution >= 0.6 is 0 Å². The van der Waals surface area contributed by atoms with Crippen molar-refractivity contribution in [1.29, 1.82) is 0 Å². The molecule has 1 fully saturated rings. The van der Waals surface area contributed by atoms with Crippen LogP contribution in [0.1, 0.15) is 52.0 Å².